The zero-order valence-electron chi connectivity index (χ0n) is 14.5. The molecule has 142 valence electrons. The van der Waals surface area contributed by atoms with Crippen LogP contribution in [-0.4, -0.2) is 53.4 Å². The summed E-state index contributed by atoms with van der Waals surface area (Å²) in [6.45, 7) is 0.313. The predicted molar refractivity (Wildman–Crippen MR) is 92.2 cm³/mol. The van der Waals surface area contributed by atoms with Gasteiger partial charge in [-0.3, -0.25) is 19.1 Å². The fourth-order valence-electron chi connectivity index (χ4n) is 2.60. The van der Waals surface area contributed by atoms with E-state index in [9.17, 15) is 22.8 Å². The van der Waals surface area contributed by atoms with E-state index in [1.165, 1.54) is 28.9 Å². The molecule has 0 saturated heterocycles. The van der Waals surface area contributed by atoms with Crippen molar-refractivity contribution in [3.63, 3.8) is 0 Å². The van der Waals surface area contributed by atoms with Crippen molar-refractivity contribution < 1.29 is 27.5 Å². The molecule has 0 unspecified atom stereocenters. The molecule has 2 amide bonds. The quantitative estimate of drug-likeness (QED) is 0.712. The first-order valence-corrected chi connectivity index (χ1v) is 9.26. The zero-order valence-corrected chi connectivity index (χ0v) is 15.3. The fraction of sp³-hybridized carbons (Fsp3) is 0.250. The van der Waals surface area contributed by atoms with Crippen LogP contribution in [0.2, 0.25) is 0 Å². The van der Waals surface area contributed by atoms with Crippen molar-refractivity contribution in [2.24, 2.45) is 7.05 Å². The van der Waals surface area contributed by atoms with Gasteiger partial charge < -0.3 is 10.1 Å². The number of carbonyl (C=O) groups is 3. The number of hydrogen-bond acceptors (Lipinski definition) is 7. The molecule has 0 fully saturated rings. The van der Waals surface area contributed by atoms with Crippen molar-refractivity contribution >= 4 is 33.6 Å². The average Bonchev–Trinajstić information content (AvgIpc) is 3.02. The largest absolute Gasteiger partial charge is 0.454 e. The van der Waals surface area contributed by atoms with Crippen molar-refractivity contribution in [2.75, 3.05) is 18.5 Å². The van der Waals surface area contributed by atoms with Crippen LogP contribution in [0.15, 0.2) is 35.2 Å². The van der Waals surface area contributed by atoms with Crippen LogP contribution >= 0.6 is 0 Å². The van der Waals surface area contributed by atoms with E-state index < -0.39 is 41.0 Å². The van der Waals surface area contributed by atoms with E-state index in [2.05, 4.69) is 10.4 Å². The minimum absolute atomic E-state index is 0.00498. The lowest BCUT2D eigenvalue weighted by Gasteiger charge is -2.14. The third-order valence-corrected chi connectivity index (χ3v) is 5.61. The maximum Gasteiger partial charge on any atom is 0.327 e. The molecule has 1 N–H and O–H groups in total. The number of carbonyl (C=O) groups excluding carboxylic acids is 3. The van der Waals surface area contributed by atoms with E-state index in [1.54, 1.807) is 20.0 Å². The first kappa shape index (κ1) is 18.6. The van der Waals surface area contributed by atoms with Crippen molar-refractivity contribution in [1.82, 2.24) is 14.1 Å². The molecule has 0 spiro atoms. The number of anilines is 1. The Balaban J connectivity index is 1.59. The molecule has 27 heavy (non-hydrogen) atoms. The van der Waals surface area contributed by atoms with Crippen molar-refractivity contribution in [3.8, 4) is 0 Å². The van der Waals surface area contributed by atoms with Crippen LogP contribution in [0, 0.1) is 6.92 Å². The number of benzene rings is 1. The van der Waals surface area contributed by atoms with Gasteiger partial charge in [0.15, 0.2) is 6.61 Å². The second-order valence-corrected chi connectivity index (χ2v) is 7.65. The summed E-state index contributed by atoms with van der Waals surface area (Å²) in [6, 6.07) is 7.29. The molecular weight excluding hydrogens is 376 g/mol. The van der Waals surface area contributed by atoms with E-state index in [4.69, 9.17) is 4.74 Å². The van der Waals surface area contributed by atoms with Gasteiger partial charge in [-0.2, -0.15) is 5.10 Å². The van der Waals surface area contributed by atoms with Gasteiger partial charge in [-0.25, -0.2) is 12.7 Å². The SMILES string of the molecule is Cc1cc(NC(=O)COC(=O)CN2C(=O)c3ccccc3S2(=O)=O)n(C)n1. The van der Waals surface area contributed by atoms with Gasteiger partial charge in [0.2, 0.25) is 0 Å². The van der Waals surface area contributed by atoms with E-state index in [-0.39, 0.29) is 10.5 Å². The molecule has 1 aliphatic heterocycles. The third-order valence-electron chi connectivity index (χ3n) is 3.82. The second kappa shape index (κ2) is 6.83. The topological polar surface area (TPSA) is 128 Å². The number of hydrogen-bond donors (Lipinski definition) is 1. The van der Waals surface area contributed by atoms with E-state index in [0.29, 0.717) is 15.8 Å². The lowest BCUT2D eigenvalue weighted by atomic mass is 10.2. The Labute approximate surface area is 154 Å². The number of rotatable bonds is 5. The highest BCUT2D eigenvalue weighted by Crippen LogP contribution is 2.29. The molecular formula is C16H16N4O6S. The standard InChI is InChI=1S/C16H16N4O6S/c1-10-7-13(19(2)18-10)17-14(21)9-26-15(22)8-20-16(23)11-5-3-4-6-12(11)27(20,24)25/h3-7H,8-9H2,1-2H3,(H,17,21). The van der Waals surface area contributed by atoms with Gasteiger partial charge in [-0.05, 0) is 19.1 Å². The van der Waals surface area contributed by atoms with Crippen LogP contribution in [0.3, 0.4) is 0 Å². The van der Waals surface area contributed by atoms with Crippen molar-refractivity contribution in [3.05, 3.63) is 41.6 Å². The monoisotopic (exact) mass is 392 g/mol. The van der Waals surface area contributed by atoms with Crippen LogP contribution in [0.25, 0.3) is 0 Å². The zero-order chi connectivity index (χ0) is 19.8. The smallest absolute Gasteiger partial charge is 0.327 e. The Kier molecular flexibility index (Phi) is 4.70. The molecule has 0 saturated carbocycles. The van der Waals surface area contributed by atoms with E-state index >= 15 is 0 Å². The van der Waals surface area contributed by atoms with Crippen LogP contribution in [-0.2, 0) is 31.4 Å². The highest BCUT2D eigenvalue weighted by molar-refractivity contribution is 7.90. The molecule has 3 rings (SSSR count). The number of amides is 2. The Morgan fingerprint density at radius 2 is 1.96 bits per heavy atom. The van der Waals surface area contributed by atoms with Crippen LogP contribution in [0.5, 0.6) is 0 Å². The lowest BCUT2D eigenvalue weighted by molar-refractivity contribution is -0.147. The Morgan fingerprint density at radius 1 is 1.26 bits per heavy atom. The Hall–Kier alpha value is -3.21. The van der Waals surface area contributed by atoms with Gasteiger partial charge >= 0.3 is 5.97 Å². The summed E-state index contributed by atoms with van der Waals surface area (Å²) in [5, 5.41) is 6.56. The number of sulfonamides is 1. The molecule has 2 heterocycles. The van der Waals surface area contributed by atoms with E-state index in [0.717, 1.165) is 0 Å². The van der Waals surface area contributed by atoms with Gasteiger partial charge in [-0.1, -0.05) is 12.1 Å². The summed E-state index contributed by atoms with van der Waals surface area (Å²) >= 11 is 0. The number of fused-ring (bicyclic) bond motifs is 1. The van der Waals surface area contributed by atoms with Gasteiger partial charge in [-0.15, -0.1) is 0 Å². The number of aryl methyl sites for hydroxylation is 2. The van der Waals surface area contributed by atoms with Crippen molar-refractivity contribution in [2.45, 2.75) is 11.8 Å². The summed E-state index contributed by atoms with van der Waals surface area (Å²) < 4.78 is 31.4. The maximum atomic E-state index is 12.4. The van der Waals surface area contributed by atoms with Gasteiger partial charge in [0, 0.05) is 13.1 Å². The van der Waals surface area contributed by atoms with Crippen LogP contribution in [0.4, 0.5) is 5.82 Å². The van der Waals surface area contributed by atoms with Crippen LogP contribution < -0.4 is 5.32 Å². The first-order valence-electron chi connectivity index (χ1n) is 7.82. The summed E-state index contributed by atoms with van der Waals surface area (Å²) in [6.07, 6.45) is 0. The summed E-state index contributed by atoms with van der Waals surface area (Å²) in [5.41, 5.74) is 0.691. The van der Waals surface area contributed by atoms with Gasteiger partial charge in [0.25, 0.3) is 21.8 Å². The van der Waals surface area contributed by atoms with Crippen molar-refractivity contribution in [1.29, 1.82) is 0 Å². The summed E-state index contributed by atoms with van der Waals surface area (Å²) in [7, 11) is -2.47. The second-order valence-electron chi connectivity index (χ2n) is 5.82. The summed E-state index contributed by atoms with van der Waals surface area (Å²) in [5.74, 6) is -2.03. The molecule has 0 atom stereocenters. The predicted octanol–water partition coefficient (Wildman–Crippen LogP) is 0.0549. The molecule has 0 bridgehead atoms. The summed E-state index contributed by atoms with van der Waals surface area (Å²) in [4.78, 5) is 35.8. The third kappa shape index (κ3) is 3.53. The Morgan fingerprint density at radius 3 is 2.59 bits per heavy atom. The van der Waals surface area contributed by atoms with Gasteiger partial charge in [0.1, 0.15) is 17.3 Å². The molecule has 2 aromatic rings. The molecule has 10 nitrogen and oxygen atoms in total. The highest BCUT2D eigenvalue weighted by atomic mass is 32.2. The molecule has 1 aliphatic rings. The molecule has 11 heteroatoms. The van der Waals surface area contributed by atoms with Gasteiger partial charge in [0.05, 0.1) is 11.3 Å². The molecule has 1 aromatic carbocycles. The normalized spacial score (nSPS) is 14.7. The minimum Gasteiger partial charge on any atom is -0.454 e. The fourth-order valence-corrected chi connectivity index (χ4v) is 4.12. The number of esters is 1. The average molecular weight is 392 g/mol. The Bertz CT molecular complexity index is 1040. The molecule has 1 aromatic heterocycles. The number of nitrogens with zero attached hydrogens (tertiary/aromatic N) is 3. The maximum absolute atomic E-state index is 12.4. The van der Waals surface area contributed by atoms with Crippen LogP contribution in [0.1, 0.15) is 16.1 Å². The molecule has 0 radical (unpaired) electrons. The molecule has 0 aliphatic carbocycles. The first-order chi connectivity index (χ1) is 12.7. The minimum atomic E-state index is -4.11. The van der Waals surface area contributed by atoms with E-state index in [1.807, 2.05) is 0 Å². The lowest BCUT2D eigenvalue weighted by Crippen LogP contribution is -2.36. The number of ether oxygens (including phenoxy) is 1. The number of aromatic nitrogens is 2. The highest BCUT2D eigenvalue weighted by Gasteiger charge is 2.42. The number of nitrogens with one attached hydrogen (secondary N) is 1.